The Morgan fingerprint density at radius 3 is 2.71 bits per heavy atom. The Labute approximate surface area is 186 Å². The maximum absolute atomic E-state index is 13.5. The van der Waals surface area contributed by atoms with Gasteiger partial charge in [-0.3, -0.25) is 19.2 Å². The van der Waals surface area contributed by atoms with Crippen LogP contribution in [0.1, 0.15) is 55.1 Å². The maximum atomic E-state index is 13.5. The number of aromatic nitrogens is 2. The van der Waals surface area contributed by atoms with Crippen molar-refractivity contribution in [3.63, 3.8) is 0 Å². The van der Waals surface area contributed by atoms with Crippen molar-refractivity contribution < 1.29 is 19.1 Å². The van der Waals surface area contributed by atoms with Crippen molar-refractivity contribution in [2.45, 2.75) is 46.2 Å². The number of nitrogens with one attached hydrogen (secondary N) is 1. The number of esters is 1. The first-order valence-electron chi connectivity index (χ1n) is 10.3. The summed E-state index contributed by atoms with van der Waals surface area (Å²) in [4.78, 5) is 40.4. The van der Waals surface area contributed by atoms with Crippen molar-refractivity contribution in [2.75, 3.05) is 18.1 Å². The highest BCUT2D eigenvalue weighted by Gasteiger charge is 2.49. The first-order valence-corrected chi connectivity index (χ1v) is 10.7. The maximum Gasteiger partial charge on any atom is 0.358 e. The fourth-order valence-electron chi connectivity index (χ4n) is 3.57. The average Bonchev–Trinajstić information content (AvgIpc) is 3.12. The molecule has 1 aromatic carbocycles. The van der Waals surface area contributed by atoms with E-state index in [0.29, 0.717) is 23.2 Å². The molecule has 0 aliphatic carbocycles. The van der Waals surface area contributed by atoms with Gasteiger partial charge in [0, 0.05) is 23.3 Å². The van der Waals surface area contributed by atoms with E-state index < -0.39 is 17.4 Å². The molecule has 0 fully saturated rings. The molecule has 31 heavy (non-hydrogen) atoms. The molecule has 1 atom stereocenters. The van der Waals surface area contributed by atoms with E-state index in [1.807, 2.05) is 0 Å². The first-order chi connectivity index (χ1) is 14.7. The molecular weight excluding hydrogens is 420 g/mol. The zero-order valence-electron chi connectivity index (χ0n) is 18.1. The summed E-state index contributed by atoms with van der Waals surface area (Å²) in [5.74, 6) is -0.942. The number of benzene rings is 1. The van der Waals surface area contributed by atoms with Crippen LogP contribution in [0, 0.1) is 5.92 Å². The van der Waals surface area contributed by atoms with Crippen LogP contribution in [0.3, 0.4) is 0 Å². The van der Waals surface area contributed by atoms with Crippen LogP contribution in [0.2, 0.25) is 5.02 Å². The number of halogens is 1. The fraction of sp³-hybridized carbons (Fsp3) is 0.455. The molecule has 1 unspecified atom stereocenters. The molecule has 9 heteroatoms. The van der Waals surface area contributed by atoms with Crippen LogP contribution in [-0.4, -0.2) is 46.3 Å². The SMILES string of the molecule is CCOC(=O)c1cc2n(n1)CC(C)(C(=O)NCCC(C)C)N(c1cccc(Cl)c1)C2=O. The highest BCUT2D eigenvalue weighted by molar-refractivity contribution is 6.31. The van der Waals surface area contributed by atoms with Crippen molar-refractivity contribution in [1.29, 1.82) is 0 Å². The molecule has 3 rings (SSSR count). The highest BCUT2D eigenvalue weighted by atomic mass is 35.5. The minimum atomic E-state index is -1.27. The van der Waals surface area contributed by atoms with Gasteiger partial charge in [0.15, 0.2) is 5.69 Å². The van der Waals surface area contributed by atoms with Crippen molar-refractivity contribution in [2.24, 2.45) is 5.92 Å². The summed E-state index contributed by atoms with van der Waals surface area (Å²) in [5, 5.41) is 7.63. The zero-order chi connectivity index (χ0) is 22.8. The summed E-state index contributed by atoms with van der Waals surface area (Å²) in [5.41, 5.74) is -0.552. The van der Waals surface area contributed by atoms with Gasteiger partial charge in [-0.25, -0.2) is 4.79 Å². The van der Waals surface area contributed by atoms with E-state index in [0.717, 1.165) is 6.42 Å². The van der Waals surface area contributed by atoms with Crippen LogP contribution in [0.15, 0.2) is 30.3 Å². The minimum absolute atomic E-state index is 0.0284. The van der Waals surface area contributed by atoms with E-state index in [4.69, 9.17) is 16.3 Å². The fourth-order valence-corrected chi connectivity index (χ4v) is 3.76. The van der Waals surface area contributed by atoms with E-state index in [-0.39, 0.29) is 30.4 Å². The van der Waals surface area contributed by atoms with Crippen molar-refractivity contribution in [1.82, 2.24) is 15.1 Å². The number of anilines is 1. The molecule has 2 aromatic rings. The van der Waals surface area contributed by atoms with Gasteiger partial charge in [0.2, 0.25) is 5.91 Å². The van der Waals surface area contributed by atoms with E-state index in [2.05, 4.69) is 24.3 Å². The van der Waals surface area contributed by atoms with Crippen LogP contribution in [-0.2, 0) is 16.1 Å². The monoisotopic (exact) mass is 446 g/mol. The lowest BCUT2D eigenvalue weighted by molar-refractivity contribution is -0.126. The summed E-state index contributed by atoms with van der Waals surface area (Å²) in [6.45, 7) is 8.28. The molecule has 0 spiro atoms. The Bertz CT molecular complexity index is 1000. The predicted octanol–water partition coefficient (Wildman–Crippen LogP) is 3.29. The topological polar surface area (TPSA) is 93.5 Å². The molecule has 2 amide bonds. The number of amides is 2. The quantitative estimate of drug-likeness (QED) is 0.658. The van der Waals surface area contributed by atoms with Crippen LogP contribution in [0.4, 0.5) is 5.69 Å². The molecule has 0 saturated heterocycles. The summed E-state index contributed by atoms with van der Waals surface area (Å²) < 4.78 is 6.41. The molecule has 1 aliphatic rings. The van der Waals surface area contributed by atoms with E-state index in [1.54, 1.807) is 38.1 Å². The molecular formula is C22H27ClN4O4. The lowest BCUT2D eigenvalue weighted by atomic mass is 9.93. The third-order valence-electron chi connectivity index (χ3n) is 5.20. The molecule has 2 heterocycles. The first kappa shape index (κ1) is 22.8. The summed E-state index contributed by atoms with van der Waals surface area (Å²) in [6.07, 6.45) is 0.812. The van der Waals surface area contributed by atoms with Crippen LogP contribution >= 0.6 is 11.6 Å². The van der Waals surface area contributed by atoms with Gasteiger partial charge in [0.1, 0.15) is 11.2 Å². The highest BCUT2D eigenvalue weighted by Crippen LogP contribution is 2.34. The number of carbonyl (C=O) groups is 3. The number of hydrogen-bond donors (Lipinski definition) is 1. The van der Waals surface area contributed by atoms with Crippen LogP contribution in [0.5, 0.6) is 0 Å². The third kappa shape index (κ3) is 4.58. The second-order valence-corrected chi connectivity index (χ2v) is 8.56. The van der Waals surface area contributed by atoms with Gasteiger partial charge in [-0.2, -0.15) is 5.10 Å². The summed E-state index contributed by atoms with van der Waals surface area (Å²) in [6, 6.07) is 8.17. The van der Waals surface area contributed by atoms with Crippen LogP contribution in [0.25, 0.3) is 0 Å². The van der Waals surface area contributed by atoms with Crippen molar-refractivity contribution in [3.8, 4) is 0 Å². The molecule has 166 valence electrons. The zero-order valence-corrected chi connectivity index (χ0v) is 18.9. The molecule has 8 nitrogen and oxygen atoms in total. The average molecular weight is 447 g/mol. The number of carbonyl (C=O) groups excluding carboxylic acids is 3. The van der Waals surface area contributed by atoms with Gasteiger partial charge in [0.25, 0.3) is 5.91 Å². The standard InChI is InChI=1S/C22H27ClN4O4/c1-5-31-20(29)17-12-18-19(28)27(16-8-6-7-15(23)11-16)22(4,13-26(18)25-17)21(30)24-10-9-14(2)3/h6-8,11-12,14H,5,9-10,13H2,1-4H3,(H,24,30). The number of hydrogen-bond acceptors (Lipinski definition) is 5. The van der Waals surface area contributed by atoms with Gasteiger partial charge in [-0.1, -0.05) is 31.5 Å². The Hall–Kier alpha value is -2.87. The van der Waals surface area contributed by atoms with Gasteiger partial charge in [0.05, 0.1) is 13.2 Å². The van der Waals surface area contributed by atoms with E-state index >= 15 is 0 Å². The van der Waals surface area contributed by atoms with Gasteiger partial charge >= 0.3 is 5.97 Å². The minimum Gasteiger partial charge on any atom is -0.461 e. The lowest BCUT2D eigenvalue weighted by Gasteiger charge is -2.43. The molecule has 1 N–H and O–H groups in total. The number of rotatable bonds is 7. The third-order valence-corrected chi connectivity index (χ3v) is 5.44. The smallest absolute Gasteiger partial charge is 0.358 e. The van der Waals surface area contributed by atoms with Crippen molar-refractivity contribution >= 4 is 35.1 Å². The Morgan fingerprint density at radius 1 is 1.32 bits per heavy atom. The number of nitrogens with zero attached hydrogens (tertiary/aromatic N) is 3. The van der Waals surface area contributed by atoms with Gasteiger partial charge in [-0.15, -0.1) is 0 Å². The lowest BCUT2D eigenvalue weighted by Crippen LogP contribution is -2.64. The number of ether oxygens (including phenoxy) is 1. The molecule has 0 bridgehead atoms. The largest absolute Gasteiger partial charge is 0.461 e. The second kappa shape index (κ2) is 9.09. The predicted molar refractivity (Wildman–Crippen MR) is 117 cm³/mol. The Morgan fingerprint density at radius 2 is 2.06 bits per heavy atom. The Kier molecular flexibility index (Phi) is 6.69. The van der Waals surface area contributed by atoms with Gasteiger partial charge in [-0.05, 0) is 44.4 Å². The van der Waals surface area contributed by atoms with Gasteiger partial charge < -0.3 is 10.1 Å². The molecule has 0 radical (unpaired) electrons. The summed E-state index contributed by atoms with van der Waals surface area (Å²) in [7, 11) is 0. The van der Waals surface area contributed by atoms with E-state index in [9.17, 15) is 14.4 Å². The molecule has 1 aromatic heterocycles. The summed E-state index contributed by atoms with van der Waals surface area (Å²) >= 11 is 6.17. The van der Waals surface area contributed by atoms with Crippen LogP contribution < -0.4 is 10.2 Å². The molecule has 0 saturated carbocycles. The van der Waals surface area contributed by atoms with E-state index in [1.165, 1.54) is 15.6 Å². The Balaban J connectivity index is 2.03. The molecule has 1 aliphatic heterocycles. The van der Waals surface area contributed by atoms with Crippen molar-refractivity contribution in [3.05, 3.63) is 46.7 Å². The second-order valence-electron chi connectivity index (χ2n) is 8.13. The normalized spacial score (nSPS) is 18.1. The number of fused-ring (bicyclic) bond motifs is 1.